The van der Waals surface area contributed by atoms with Gasteiger partial charge in [-0.1, -0.05) is 39.3 Å². The Labute approximate surface area is 175 Å². The van der Waals surface area contributed by atoms with E-state index < -0.39 is 0 Å². The van der Waals surface area contributed by atoms with Crippen LogP contribution in [-0.4, -0.2) is 20.8 Å². The molecule has 0 amide bonds. The molecule has 2 N–H and O–H groups in total. The van der Waals surface area contributed by atoms with E-state index >= 15 is 0 Å². The number of aromatic hydroxyl groups is 1. The van der Waals surface area contributed by atoms with Gasteiger partial charge in [-0.2, -0.15) is 5.10 Å². The van der Waals surface area contributed by atoms with E-state index in [9.17, 15) is 5.11 Å². The van der Waals surface area contributed by atoms with Gasteiger partial charge < -0.3 is 5.11 Å². The van der Waals surface area contributed by atoms with Gasteiger partial charge in [-0.15, -0.1) is 11.3 Å². The molecule has 4 rings (SSSR count). The van der Waals surface area contributed by atoms with Crippen molar-refractivity contribution in [3.8, 4) is 5.75 Å². The molecule has 1 aliphatic carbocycles. The second kappa shape index (κ2) is 7.75. The largest absolute Gasteiger partial charge is 0.508 e. The van der Waals surface area contributed by atoms with Crippen LogP contribution in [0.3, 0.4) is 0 Å². The van der Waals surface area contributed by atoms with E-state index in [1.54, 1.807) is 29.8 Å². The highest BCUT2D eigenvalue weighted by molar-refractivity contribution is 7.19. The van der Waals surface area contributed by atoms with Gasteiger partial charge in [0.05, 0.1) is 11.1 Å². The predicted octanol–water partition coefficient (Wildman–Crippen LogP) is 5.77. The molecule has 1 aromatic carbocycles. The summed E-state index contributed by atoms with van der Waals surface area (Å²) in [6.45, 7) is 8.98. The number of fused-ring (bicyclic) bond motifs is 3. The molecule has 0 fully saturated rings. The van der Waals surface area contributed by atoms with E-state index in [2.05, 4.69) is 41.3 Å². The fourth-order valence-electron chi connectivity index (χ4n) is 4.08. The Hall–Kier alpha value is -2.47. The molecule has 29 heavy (non-hydrogen) atoms. The van der Waals surface area contributed by atoms with E-state index in [0.717, 1.165) is 40.2 Å². The number of hydrazone groups is 1. The van der Waals surface area contributed by atoms with Crippen LogP contribution in [0, 0.1) is 11.3 Å². The smallest absolute Gasteiger partial charge is 0.158 e. The number of hydrogen-bond donors (Lipinski definition) is 2. The maximum atomic E-state index is 9.71. The van der Waals surface area contributed by atoms with Crippen molar-refractivity contribution < 1.29 is 5.11 Å². The van der Waals surface area contributed by atoms with Gasteiger partial charge in [0, 0.05) is 10.4 Å². The summed E-state index contributed by atoms with van der Waals surface area (Å²) in [5.74, 6) is 1.67. The normalized spacial score (nSPS) is 17.4. The van der Waals surface area contributed by atoms with Crippen molar-refractivity contribution >= 4 is 33.1 Å². The molecule has 5 nitrogen and oxygen atoms in total. The number of rotatable bonds is 5. The van der Waals surface area contributed by atoms with Gasteiger partial charge in [0.15, 0.2) is 5.82 Å². The van der Waals surface area contributed by atoms with Crippen molar-refractivity contribution in [3.05, 3.63) is 46.6 Å². The average Bonchev–Trinajstić information content (AvgIpc) is 3.10. The molecule has 1 aliphatic rings. The van der Waals surface area contributed by atoms with Crippen LogP contribution in [-0.2, 0) is 12.8 Å². The molecule has 0 bridgehead atoms. The highest BCUT2D eigenvalue weighted by Crippen LogP contribution is 2.45. The van der Waals surface area contributed by atoms with E-state index in [4.69, 9.17) is 0 Å². The van der Waals surface area contributed by atoms with Crippen LogP contribution in [0.2, 0.25) is 0 Å². The number of benzene rings is 1. The van der Waals surface area contributed by atoms with Gasteiger partial charge in [0.25, 0.3) is 0 Å². The first kappa shape index (κ1) is 19.8. The molecule has 1 atom stereocenters. The number of phenols is 1. The van der Waals surface area contributed by atoms with Crippen LogP contribution >= 0.6 is 11.3 Å². The fourth-order valence-corrected chi connectivity index (χ4v) is 5.26. The lowest BCUT2D eigenvalue weighted by molar-refractivity contribution is 0.184. The quantitative estimate of drug-likeness (QED) is 0.415. The Morgan fingerprint density at radius 1 is 1.34 bits per heavy atom. The van der Waals surface area contributed by atoms with Crippen molar-refractivity contribution in [1.82, 2.24) is 9.97 Å². The van der Waals surface area contributed by atoms with Crippen molar-refractivity contribution in [1.29, 1.82) is 0 Å². The van der Waals surface area contributed by atoms with Gasteiger partial charge >= 0.3 is 0 Å². The Morgan fingerprint density at radius 3 is 2.93 bits per heavy atom. The third-order valence-electron chi connectivity index (χ3n) is 6.45. The Kier molecular flexibility index (Phi) is 5.30. The lowest BCUT2D eigenvalue weighted by Gasteiger charge is -2.36. The summed E-state index contributed by atoms with van der Waals surface area (Å²) in [5, 5.41) is 15.4. The molecule has 1 unspecified atom stereocenters. The number of hydrogen-bond acceptors (Lipinski definition) is 6. The zero-order valence-corrected chi connectivity index (χ0v) is 18.3. The topological polar surface area (TPSA) is 70.4 Å². The summed E-state index contributed by atoms with van der Waals surface area (Å²) in [7, 11) is 0. The highest BCUT2D eigenvalue weighted by Gasteiger charge is 2.33. The van der Waals surface area contributed by atoms with E-state index in [-0.39, 0.29) is 5.75 Å². The predicted molar refractivity (Wildman–Crippen MR) is 121 cm³/mol. The minimum atomic E-state index is 0.234. The second-order valence-electron chi connectivity index (χ2n) is 8.55. The van der Waals surface area contributed by atoms with Gasteiger partial charge in [-0.25, -0.2) is 9.97 Å². The molecule has 152 valence electrons. The molecule has 0 saturated carbocycles. The maximum absolute atomic E-state index is 9.71. The number of anilines is 1. The van der Waals surface area contributed by atoms with E-state index in [0.29, 0.717) is 11.3 Å². The molecule has 0 radical (unpaired) electrons. The molecular weight excluding hydrogens is 380 g/mol. The lowest BCUT2D eigenvalue weighted by Crippen LogP contribution is -2.28. The first-order valence-electron chi connectivity index (χ1n) is 10.2. The van der Waals surface area contributed by atoms with Crippen molar-refractivity contribution in [2.75, 3.05) is 5.43 Å². The summed E-state index contributed by atoms with van der Waals surface area (Å²) in [6, 6.07) is 7.11. The van der Waals surface area contributed by atoms with Gasteiger partial charge in [0.2, 0.25) is 0 Å². The van der Waals surface area contributed by atoms with Gasteiger partial charge in [-0.05, 0) is 55.2 Å². The molecule has 0 spiro atoms. The first-order chi connectivity index (χ1) is 13.9. The Bertz CT molecular complexity index is 1070. The van der Waals surface area contributed by atoms with Crippen molar-refractivity contribution in [2.24, 2.45) is 16.4 Å². The molecule has 6 heteroatoms. The van der Waals surface area contributed by atoms with Crippen LogP contribution in [0.1, 0.15) is 56.5 Å². The average molecular weight is 409 g/mol. The number of nitrogens with zero attached hydrogens (tertiary/aromatic N) is 3. The summed E-state index contributed by atoms with van der Waals surface area (Å²) in [6.07, 6.45) is 6.23. The number of aromatic nitrogens is 2. The molecule has 2 heterocycles. The monoisotopic (exact) mass is 408 g/mol. The van der Waals surface area contributed by atoms with Crippen LogP contribution in [0.4, 0.5) is 5.82 Å². The molecule has 3 aromatic rings. The van der Waals surface area contributed by atoms with Crippen LogP contribution < -0.4 is 5.43 Å². The number of thiophene rings is 1. The van der Waals surface area contributed by atoms with Crippen molar-refractivity contribution in [3.63, 3.8) is 0 Å². The van der Waals surface area contributed by atoms with Crippen LogP contribution in [0.15, 0.2) is 35.7 Å². The molecular formula is C23H28N4OS. The minimum absolute atomic E-state index is 0.234. The standard InChI is InChI=1S/C23H28N4OS/c1-5-23(3,4)16-9-10-19-18(12-16)20-21(24-13-25-22(20)29-19)27-26-14(2)15-7-6-8-17(28)11-15/h6-8,11,13,16,28H,5,9-10,12H2,1-4H3,(H,24,25,27). The lowest BCUT2D eigenvalue weighted by atomic mass is 9.69. The first-order valence-corrected chi connectivity index (χ1v) is 11.1. The zero-order chi connectivity index (χ0) is 20.6. The van der Waals surface area contributed by atoms with Crippen LogP contribution in [0.25, 0.3) is 10.2 Å². The summed E-state index contributed by atoms with van der Waals surface area (Å²) < 4.78 is 0. The van der Waals surface area contributed by atoms with E-state index in [1.807, 2.05) is 19.1 Å². The van der Waals surface area contributed by atoms with Gasteiger partial charge in [0.1, 0.15) is 16.9 Å². The summed E-state index contributed by atoms with van der Waals surface area (Å²) >= 11 is 1.79. The zero-order valence-electron chi connectivity index (χ0n) is 17.5. The second-order valence-corrected chi connectivity index (χ2v) is 9.63. The number of phenolic OH excluding ortho intramolecular Hbond substituents is 1. The van der Waals surface area contributed by atoms with Crippen LogP contribution in [0.5, 0.6) is 5.75 Å². The van der Waals surface area contributed by atoms with E-state index in [1.165, 1.54) is 23.3 Å². The summed E-state index contributed by atoms with van der Waals surface area (Å²) in [5.41, 5.74) is 6.57. The fraction of sp³-hybridized carbons (Fsp3) is 0.435. The number of aryl methyl sites for hydroxylation is 1. The molecule has 0 saturated heterocycles. The maximum Gasteiger partial charge on any atom is 0.158 e. The third-order valence-corrected chi connectivity index (χ3v) is 7.65. The highest BCUT2D eigenvalue weighted by atomic mass is 32.1. The minimum Gasteiger partial charge on any atom is -0.508 e. The molecule has 2 aromatic heterocycles. The van der Waals surface area contributed by atoms with Gasteiger partial charge in [-0.3, -0.25) is 5.43 Å². The molecule has 0 aliphatic heterocycles. The Morgan fingerprint density at radius 2 is 2.17 bits per heavy atom. The number of nitrogens with one attached hydrogen (secondary N) is 1. The van der Waals surface area contributed by atoms with Crippen molar-refractivity contribution in [2.45, 2.75) is 53.4 Å². The SMILES string of the molecule is CCC(C)(C)C1CCc2sc3ncnc(NN=C(C)c4cccc(O)c4)c3c2C1. The third kappa shape index (κ3) is 3.86. The summed E-state index contributed by atoms with van der Waals surface area (Å²) in [4.78, 5) is 11.5. The Balaban J connectivity index is 1.68.